The number of nitrogens with zero attached hydrogens (tertiary/aromatic N) is 4. The summed E-state index contributed by atoms with van der Waals surface area (Å²) in [4.78, 5) is 4.44. The Morgan fingerprint density at radius 1 is 1.16 bits per heavy atom. The van der Waals surface area contributed by atoms with Gasteiger partial charge in [-0.05, 0) is 38.0 Å². The van der Waals surface area contributed by atoms with Crippen LogP contribution in [0, 0.1) is 17.1 Å². The van der Waals surface area contributed by atoms with E-state index in [-0.39, 0.29) is 36.3 Å². The molecular formula is C23H27FIN7. The van der Waals surface area contributed by atoms with Crippen LogP contribution in [-0.2, 0) is 13.0 Å². The highest BCUT2D eigenvalue weighted by atomic mass is 127. The topological polar surface area (TPSA) is 104 Å². The summed E-state index contributed by atoms with van der Waals surface area (Å²) >= 11 is 0. The first-order valence-electron chi connectivity index (χ1n) is 10.2. The van der Waals surface area contributed by atoms with Gasteiger partial charge in [0.15, 0.2) is 5.96 Å². The monoisotopic (exact) mass is 547 g/mol. The molecule has 0 saturated heterocycles. The number of aromatic nitrogens is 2. The second kappa shape index (κ2) is 12.7. The van der Waals surface area contributed by atoms with Gasteiger partial charge in [0.2, 0.25) is 0 Å². The number of nitriles is 1. The summed E-state index contributed by atoms with van der Waals surface area (Å²) in [5, 5.41) is 20.5. The summed E-state index contributed by atoms with van der Waals surface area (Å²) in [7, 11) is 0. The Kier molecular flexibility index (Phi) is 9.94. The van der Waals surface area contributed by atoms with Gasteiger partial charge in [-0.2, -0.15) is 10.4 Å². The van der Waals surface area contributed by atoms with Gasteiger partial charge in [-0.25, -0.2) is 14.1 Å². The molecule has 0 aliphatic rings. The lowest BCUT2D eigenvalue weighted by molar-refractivity contribution is 0.610. The molecule has 0 radical (unpaired) electrons. The van der Waals surface area contributed by atoms with Crippen molar-refractivity contribution in [2.24, 2.45) is 4.99 Å². The van der Waals surface area contributed by atoms with E-state index < -0.39 is 0 Å². The lowest BCUT2D eigenvalue weighted by Gasteiger charge is -2.11. The van der Waals surface area contributed by atoms with Crippen LogP contribution in [0.15, 0.2) is 59.6 Å². The number of anilines is 1. The number of benzene rings is 2. The van der Waals surface area contributed by atoms with Crippen molar-refractivity contribution in [2.75, 3.05) is 18.8 Å². The highest BCUT2D eigenvalue weighted by molar-refractivity contribution is 14.0. The van der Waals surface area contributed by atoms with Gasteiger partial charge in [0.25, 0.3) is 0 Å². The van der Waals surface area contributed by atoms with Crippen LogP contribution in [0.1, 0.15) is 30.2 Å². The average Bonchev–Trinajstić information content (AvgIpc) is 3.11. The van der Waals surface area contributed by atoms with Gasteiger partial charge >= 0.3 is 0 Å². The van der Waals surface area contributed by atoms with Gasteiger partial charge in [-0.3, -0.25) is 0 Å². The summed E-state index contributed by atoms with van der Waals surface area (Å²) in [5.41, 5.74) is 8.58. The summed E-state index contributed by atoms with van der Waals surface area (Å²) in [6.07, 6.45) is 1.32. The Balaban J connectivity index is 0.00000363. The van der Waals surface area contributed by atoms with Crippen molar-refractivity contribution in [1.82, 2.24) is 20.4 Å². The number of aliphatic imine (C=N–C) groups is 1. The van der Waals surface area contributed by atoms with Crippen LogP contribution in [0.3, 0.4) is 0 Å². The maximum absolute atomic E-state index is 13.8. The molecule has 1 heterocycles. The SMILES string of the molecule is CCNC(=NCc1ccccc1F)NCCCc1nn(-c2ccccc2)c(N)c1C#N.I. The molecule has 0 atom stereocenters. The van der Waals surface area contributed by atoms with Crippen molar-refractivity contribution >= 4 is 35.8 Å². The maximum atomic E-state index is 13.8. The highest BCUT2D eigenvalue weighted by Gasteiger charge is 2.16. The number of nitrogens with two attached hydrogens (primary N) is 1. The second-order valence-corrected chi connectivity index (χ2v) is 6.88. The zero-order chi connectivity index (χ0) is 22.1. The van der Waals surface area contributed by atoms with Crippen LogP contribution in [0.5, 0.6) is 0 Å². The van der Waals surface area contributed by atoms with E-state index >= 15 is 0 Å². The largest absolute Gasteiger partial charge is 0.382 e. The molecule has 168 valence electrons. The van der Waals surface area contributed by atoms with E-state index in [9.17, 15) is 9.65 Å². The number of nitrogens with one attached hydrogen (secondary N) is 2. The summed E-state index contributed by atoms with van der Waals surface area (Å²) in [6, 6.07) is 18.3. The Bertz CT molecular complexity index is 1070. The molecular weight excluding hydrogens is 520 g/mol. The van der Waals surface area contributed by atoms with Gasteiger partial charge in [0.1, 0.15) is 23.3 Å². The summed E-state index contributed by atoms with van der Waals surface area (Å²) in [5.74, 6) is 0.690. The third kappa shape index (κ3) is 6.43. The fourth-order valence-electron chi connectivity index (χ4n) is 3.14. The molecule has 9 heteroatoms. The van der Waals surface area contributed by atoms with Crippen LogP contribution in [0.4, 0.5) is 10.2 Å². The third-order valence-corrected chi connectivity index (χ3v) is 4.70. The highest BCUT2D eigenvalue weighted by Crippen LogP contribution is 2.21. The van der Waals surface area contributed by atoms with Crippen molar-refractivity contribution < 1.29 is 4.39 Å². The minimum atomic E-state index is -0.266. The Morgan fingerprint density at radius 3 is 2.56 bits per heavy atom. The standard InChI is InChI=1S/C23H26FN7.HI/c1-2-27-23(29-16-17-9-6-7-12-20(17)24)28-14-8-13-21-19(15-25)22(26)31(30-21)18-10-4-3-5-11-18;/h3-7,9-12H,2,8,13-14,16,26H2,1H3,(H2,27,28,29);1H. The van der Waals surface area contributed by atoms with Crippen molar-refractivity contribution in [2.45, 2.75) is 26.3 Å². The number of para-hydroxylation sites is 1. The number of hydrogen-bond donors (Lipinski definition) is 3. The molecule has 4 N–H and O–H groups in total. The number of aryl methyl sites for hydroxylation is 1. The van der Waals surface area contributed by atoms with E-state index in [1.54, 1.807) is 22.9 Å². The molecule has 3 aromatic rings. The molecule has 0 aliphatic heterocycles. The number of halogens is 2. The van der Waals surface area contributed by atoms with Crippen molar-refractivity contribution in [3.63, 3.8) is 0 Å². The molecule has 0 spiro atoms. The molecule has 0 unspecified atom stereocenters. The van der Waals surface area contributed by atoms with Crippen molar-refractivity contribution in [1.29, 1.82) is 5.26 Å². The predicted octanol–water partition coefficient (Wildman–Crippen LogP) is 3.77. The first kappa shape index (κ1) is 25.1. The Hall–Kier alpha value is -3.13. The van der Waals surface area contributed by atoms with E-state index in [1.165, 1.54) is 6.07 Å². The molecule has 3 rings (SSSR count). The minimum Gasteiger partial charge on any atom is -0.382 e. The number of hydrogen-bond acceptors (Lipinski definition) is 4. The predicted molar refractivity (Wildman–Crippen MR) is 136 cm³/mol. The smallest absolute Gasteiger partial charge is 0.191 e. The maximum Gasteiger partial charge on any atom is 0.191 e. The van der Waals surface area contributed by atoms with Gasteiger partial charge < -0.3 is 16.4 Å². The molecule has 7 nitrogen and oxygen atoms in total. The van der Waals surface area contributed by atoms with E-state index in [0.29, 0.717) is 48.1 Å². The van der Waals surface area contributed by atoms with E-state index in [4.69, 9.17) is 5.73 Å². The Morgan fingerprint density at radius 2 is 1.88 bits per heavy atom. The van der Waals surface area contributed by atoms with Gasteiger partial charge in [-0.15, -0.1) is 24.0 Å². The van der Waals surface area contributed by atoms with E-state index in [0.717, 1.165) is 12.1 Å². The van der Waals surface area contributed by atoms with Crippen LogP contribution >= 0.6 is 24.0 Å². The first-order chi connectivity index (χ1) is 15.1. The van der Waals surface area contributed by atoms with Crippen LogP contribution in [0.25, 0.3) is 5.69 Å². The summed E-state index contributed by atoms with van der Waals surface area (Å²) in [6.45, 7) is 3.53. The fraction of sp³-hybridized carbons (Fsp3) is 0.261. The lowest BCUT2D eigenvalue weighted by atomic mass is 10.1. The molecule has 2 aromatic carbocycles. The quantitative estimate of drug-likeness (QED) is 0.173. The number of nitrogen functional groups attached to an aromatic ring is 1. The van der Waals surface area contributed by atoms with Crippen LogP contribution < -0.4 is 16.4 Å². The van der Waals surface area contributed by atoms with Crippen LogP contribution in [0.2, 0.25) is 0 Å². The molecule has 1 aromatic heterocycles. The molecule has 0 bridgehead atoms. The van der Waals surface area contributed by atoms with Gasteiger partial charge in [0, 0.05) is 18.7 Å². The normalized spacial score (nSPS) is 10.8. The number of rotatable bonds is 8. The average molecular weight is 547 g/mol. The van der Waals surface area contributed by atoms with Gasteiger partial charge in [0.05, 0.1) is 17.9 Å². The molecule has 0 fully saturated rings. The number of guanidine groups is 1. The summed E-state index contributed by atoms with van der Waals surface area (Å²) < 4.78 is 15.4. The Labute approximate surface area is 204 Å². The zero-order valence-electron chi connectivity index (χ0n) is 17.9. The molecule has 32 heavy (non-hydrogen) atoms. The minimum absolute atomic E-state index is 0. The molecule has 0 saturated carbocycles. The lowest BCUT2D eigenvalue weighted by Crippen LogP contribution is -2.37. The fourth-order valence-corrected chi connectivity index (χ4v) is 3.14. The third-order valence-electron chi connectivity index (χ3n) is 4.70. The van der Waals surface area contributed by atoms with Crippen LogP contribution in [-0.4, -0.2) is 28.8 Å². The molecule has 0 amide bonds. The van der Waals surface area contributed by atoms with Crippen molar-refractivity contribution in [3.05, 3.63) is 77.2 Å². The zero-order valence-corrected chi connectivity index (χ0v) is 20.2. The van der Waals surface area contributed by atoms with E-state index in [1.807, 2.05) is 37.3 Å². The van der Waals surface area contributed by atoms with Gasteiger partial charge in [-0.1, -0.05) is 36.4 Å². The second-order valence-electron chi connectivity index (χ2n) is 6.88. The van der Waals surface area contributed by atoms with E-state index in [2.05, 4.69) is 26.8 Å². The first-order valence-corrected chi connectivity index (χ1v) is 10.2. The molecule has 0 aliphatic carbocycles. The van der Waals surface area contributed by atoms with Crippen molar-refractivity contribution in [3.8, 4) is 11.8 Å².